The number of aromatic nitrogens is 4. The second kappa shape index (κ2) is 4.72. The number of nitrogen functional groups attached to an aromatic ring is 2. The molecule has 1 saturated heterocycles. The average Bonchev–Trinajstić information content (AvgIpc) is 2.99. The first-order valence-electron chi connectivity index (χ1n) is 6.62. The van der Waals surface area contributed by atoms with Crippen molar-refractivity contribution in [3.63, 3.8) is 0 Å². The summed E-state index contributed by atoms with van der Waals surface area (Å²) in [7, 11) is 0. The van der Waals surface area contributed by atoms with Crippen molar-refractivity contribution in [3.05, 3.63) is 11.9 Å². The number of anilines is 2. The van der Waals surface area contributed by atoms with E-state index in [-0.39, 0.29) is 23.1 Å². The van der Waals surface area contributed by atoms with Gasteiger partial charge in [0.25, 0.3) is 0 Å². The van der Waals surface area contributed by atoms with Gasteiger partial charge in [-0.3, -0.25) is 0 Å². The Morgan fingerprint density at radius 3 is 2.83 bits per heavy atom. The van der Waals surface area contributed by atoms with Crippen molar-refractivity contribution >= 4 is 17.4 Å². The number of alkyl halides is 1. The van der Waals surface area contributed by atoms with E-state index in [1.165, 1.54) is 0 Å². The minimum Gasteiger partial charge on any atom is -0.394 e. The van der Waals surface area contributed by atoms with Crippen molar-refractivity contribution < 1.29 is 19.3 Å². The van der Waals surface area contributed by atoms with Crippen molar-refractivity contribution in [1.29, 1.82) is 5.26 Å². The fourth-order valence-corrected chi connectivity index (χ4v) is 2.76. The molecule has 0 aromatic carbocycles. The summed E-state index contributed by atoms with van der Waals surface area (Å²) in [5.41, 5.74) is 6.35. The molecule has 11 heteroatoms. The first kappa shape index (κ1) is 15.3. The lowest BCUT2D eigenvalue weighted by atomic mass is 9.82. The summed E-state index contributed by atoms with van der Waals surface area (Å²) in [6.45, 7) is 0.337. The van der Waals surface area contributed by atoms with E-state index in [4.69, 9.17) is 16.2 Å². The van der Waals surface area contributed by atoms with E-state index >= 15 is 4.39 Å². The van der Waals surface area contributed by atoms with Crippen LogP contribution >= 0.6 is 0 Å². The zero-order chi connectivity index (χ0) is 17.0. The predicted molar refractivity (Wildman–Crippen MR) is 74.4 cm³/mol. The number of ether oxygens (including phenoxy) is 1. The maximum Gasteiger partial charge on any atom is 0.240 e. The van der Waals surface area contributed by atoms with Gasteiger partial charge in [0.15, 0.2) is 17.1 Å². The van der Waals surface area contributed by atoms with Gasteiger partial charge in [-0.05, 0) is 6.92 Å². The number of aliphatic hydroxyl groups excluding tert-OH is 2. The molecule has 2 aromatic heterocycles. The Balaban J connectivity index is 2.29. The first-order valence-corrected chi connectivity index (χ1v) is 6.62. The molecule has 1 unspecified atom stereocenters. The van der Waals surface area contributed by atoms with Crippen molar-refractivity contribution in [2.45, 2.75) is 30.4 Å². The summed E-state index contributed by atoms with van der Waals surface area (Å²) in [5, 5.41) is 32.8. The Morgan fingerprint density at radius 2 is 2.26 bits per heavy atom. The maximum absolute atomic E-state index is 15.2. The Bertz CT molecular complexity index is 817. The number of fused-ring (bicyclic) bond motifs is 1. The van der Waals surface area contributed by atoms with E-state index in [1.807, 2.05) is 0 Å². The molecule has 10 nitrogen and oxygen atoms in total. The van der Waals surface area contributed by atoms with Crippen molar-refractivity contribution in [3.8, 4) is 6.07 Å². The summed E-state index contributed by atoms with van der Waals surface area (Å²) in [6.07, 6.45) is -1.87. The third-order valence-corrected chi connectivity index (χ3v) is 4.03. The van der Waals surface area contributed by atoms with Crippen LogP contribution < -0.4 is 11.5 Å². The Morgan fingerprint density at radius 1 is 1.57 bits per heavy atom. The van der Waals surface area contributed by atoms with Crippen LogP contribution in [-0.2, 0) is 10.3 Å². The number of nitriles is 1. The van der Waals surface area contributed by atoms with Gasteiger partial charge in [-0.25, -0.2) is 13.9 Å². The number of hydrogen-bond donors (Lipinski definition) is 4. The van der Waals surface area contributed by atoms with Crippen LogP contribution in [0.2, 0.25) is 0 Å². The highest BCUT2D eigenvalue weighted by Gasteiger charge is 2.67. The third kappa shape index (κ3) is 1.79. The second-order valence-electron chi connectivity index (χ2n) is 5.39. The van der Waals surface area contributed by atoms with Gasteiger partial charge in [0, 0.05) is 0 Å². The van der Waals surface area contributed by atoms with Crippen LogP contribution in [-0.4, -0.2) is 54.3 Å². The van der Waals surface area contributed by atoms with Crippen LogP contribution in [0.3, 0.4) is 0 Å². The number of nitrogens with two attached hydrogens (primary N) is 2. The van der Waals surface area contributed by atoms with Crippen LogP contribution in [0.15, 0.2) is 6.20 Å². The van der Waals surface area contributed by atoms with Gasteiger partial charge in [-0.1, -0.05) is 0 Å². The van der Waals surface area contributed by atoms with Gasteiger partial charge < -0.3 is 26.4 Å². The number of aliphatic hydroxyl groups is 2. The monoisotopic (exact) mass is 323 g/mol. The molecular formula is C12H14FN7O3. The molecule has 0 aliphatic carbocycles. The highest BCUT2D eigenvalue weighted by molar-refractivity contribution is 5.61. The topological polar surface area (TPSA) is 169 Å². The van der Waals surface area contributed by atoms with Crippen LogP contribution in [0.25, 0.3) is 5.65 Å². The molecule has 0 amide bonds. The van der Waals surface area contributed by atoms with E-state index < -0.39 is 30.1 Å². The van der Waals surface area contributed by atoms with Gasteiger partial charge in [0.2, 0.25) is 11.5 Å². The van der Waals surface area contributed by atoms with Gasteiger partial charge in [0.05, 0.1) is 12.8 Å². The number of halogens is 1. The van der Waals surface area contributed by atoms with Gasteiger partial charge in [-0.15, -0.1) is 5.10 Å². The Labute approximate surface area is 129 Å². The molecule has 0 spiro atoms. The normalized spacial score (nSPS) is 33.9. The lowest BCUT2D eigenvalue weighted by molar-refractivity contribution is -0.0719. The van der Waals surface area contributed by atoms with Gasteiger partial charge in [-0.2, -0.15) is 10.2 Å². The minimum absolute atomic E-state index is 0.0603. The molecule has 122 valence electrons. The smallest absolute Gasteiger partial charge is 0.240 e. The van der Waals surface area contributed by atoms with Crippen LogP contribution in [0, 0.1) is 11.3 Å². The van der Waals surface area contributed by atoms with Crippen molar-refractivity contribution in [1.82, 2.24) is 19.6 Å². The van der Waals surface area contributed by atoms with Crippen LogP contribution in [0.1, 0.15) is 12.6 Å². The SMILES string of the molecule is C[C@@]1(F)C(O)[C@@H](CO)O[C@@]1(C#N)c1cnc2c(N)nc(N)nn12. The molecular weight excluding hydrogens is 309 g/mol. The minimum atomic E-state index is -2.54. The summed E-state index contributed by atoms with van der Waals surface area (Å²) in [6, 6.07) is 1.72. The molecule has 0 saturated carbocycles. The Kier molecular flexibility index (Phi) is 3.15. The molecule has 6 N–H and O–H groups in total. The largest absolute Gasteiger partial charge is 0.394 e. The molecule has 0 bridgehead atoms. The number of nitrogens with zero attached hydrogens (tertiary/aromatic N) is 5. The average molecular weight is 323 g/mol. The lowest BCUT2D eigenvalue weighted by Gasteiger charge is -2.30. The molecule has 1 aliphatic rings. The van der Waals surface area contributed by atoms with Gasteiger partial charge in [0.1, 0.15) is 24.0 Å². The van der Waals surface area contributed by atoms with E-state index in [0.29, 0.717) is 0 Å². The highest BCUT2D eigenvalue weighted by atomic mass is 19.1. The Hall–Kier alpha value is -2.55. The standard InChI is InChI=1S/C12H14FN7O3/c1-11(13)7(22)5(3-21)23-12(11,4-14)6-2-17-9-8(15)18-10(16)19-20(6)9/h2,5,7,21-22H,3H2,1H3,(H4,15,16,18,19)/t5-,7?,11-,12+/m1/s1. The predicted octanol–water partition coefficient (Wildman–Crippen LogP) is -1.51. The third-order valence-electron chi connectivity index (χ3n) is 4.03. The molecule has 1 fully saturated rings. The lowest BCUT2D eigenvalue weighted by Crippen LogP contribution is -2.48. The fraction of sp³-hybridized carbons (Fsp3) is 0.500. The zero-order valence-corrected chi connectivity index (χ0v) is 12.0. The van der Waals surface area contributed by atoms with Crippen LogP contribution in [0.5, 0.6) is 0 Å². The molecule has 1 aliphatic heterocycles. The molecule has 3 heterocycles. The highest BCUT2D eigenvalue weighted by Crippen LogP contribution is 2.49. The first-order chi connectivity index (χ1) is 10.8. The maximum atomic E-state index is 15.2. The summed E-state index contributed by atoms with van der Waals surface area (Å²) >= 11 is 0. The molecule has 4 atom stereocenters. The fourth-order valence-electron chi connectivity index (χ4n) is 2.76. The summed E-state index contributed by atoms with van der Waals surface area (Å²) in [5.74, 6) is -0.269. The molecule has 3 rings (SSSR count). The number of rotatable bonds is 2. The van der Waals surface area contributed by atoms with Crippen molar-refractivity contribution in [2.75, 3.05) is 18.1 Å². The second-order valence-corrected chi connectivity index (χ2v) is 5.39. The quantitative estimate of drug-likeness (QED) is 0.513. The van der Waals surface area contributed by atoms with E-state index in [2.05, 4.69) is 15.1 Å². The summed E-state index contributed by atoms with van der Waals surface area (Å²) < 4.78 is 21.6. The van der Waals surface area contributed by atoms with E-state index in [1.54, 1.807) is 6.07 Å². The zero-order valence-electron chi connectivity index (χ0n) is 12.0. The number of imidazole rings is 1. The van der Waals surface area contributed by atoms with E-state index in [9.17, 15) is 15.5 Å². The van der Waals surface area contributed by atoms with Gasteiger partial charge >= 0.3 is 0 Å². The molecule has 0 radical (unpaired) electrons. The number of hydrogen-bond acceptors (Lipinski definition) is 9. The molecule has 23 heavy (non-hydrogen) atoms. The summed E-state index contributed by atoms with van der Waals surface area (Å²) in [4.78, 5) is 7.68. The van der Waals surface area contributed by atoms with Crippen molar-refractivity contribution in [2.24, 2.45) is 0 Å². The molecule has 2 aromatic rings. The van der Waals surface area contributed by atoms with Crippen LogP contribution in [0.4, 0.5) is 16.2 Å². The van der Waals surface area contributed by atoms with E-state index in [0.717, 1.165) is 17.6 Å².